The molecule has 27 heavy (non-hydrogen) atoms. The van der Waals surface area contributed by atoms with Crippen molar-refractivity contribution in [2.75, 3.05) is 31.1 Å². The van der Waals surface area contributed by atoms with Gasteiger partial charge in [-0.3, -0.25) is 4.79 Å². The van der Waals surface area contributed by atoms with E-state index in [1.807, 2.05) is 4.90 Å². The van der Waals surface area contributed by atoms with Crippen molar-refractivity contribution in [2.24, 2.45) is 0 Å². The second-order valence-corrected chi connectivity index (χ2v) is 8.43. The van der Waals surface area contributed by atoms with Gasteiger partial charge < -0.3 is 9.80 Å². The van der Waals surface area contributed by atoms with Crippen LogP contribution in [0.5, 0.6) is 0 Å². The summed E-state index contributed by atoms with van der Waals surface area (Å²) in [6.07, 6.45) is 0. The summed E-state index contributed by atoms with van der Waals surface area (Å²) in [5.74, 6) is 0.986. The number of nitrogens with zero attached hydrogens (tertiary/aromatic N) is 4. The Bertz CT molecular complexity index is 1010. The lowest BCUT2D eigenvalue weighted by Gasteiger charge is -2.35. The number of carbonyl (C=O) groups is 1. The molecule has 0 N–H and O–H groups in total. The fraction of sp³-hybridized carbons (Fsp3) is 0.350. The third-order valence-corrected chi connectivity index (χ3v) is 6.21. The largest absolute Gasteiger partial charge is 0.352 e. The summed E-state index contributed by atoms with van der Waals surface area (Å²) in [6.45, 7) is 8.70. The molecule has 5 nitrogen and oxygen atoms in total. The highest BCUT2D eigenvalue weighted by Gasteiger charge is 2.25. The number of fused-ring (bicyclic) bond motifs is 1. The Balaban J connectivity index is 1.83. The summed E-state index contributed by atoms with van der Waals surface area (Å²) in [5, 5.41) is 1.32. The number of carbonyl (C=O) groups excluding carboxylic acids is 1. The molecule has 2 aromatic heterocycles. The molecule has 0 atom stereocenters. The predicted molar refractivity (Wildman–Crippen MR) is 112 cm³/mol. The maximum Gasteiger partial charge on any atom is 0.225 e. The second-order valence-electron chi connectivity index (χ2n) is 6.89. The molecule has 0 saturated carbocycles. The van der Waals surface area contributed by atoms with Gasteiger partial charge in [-0.2, -0.15) is 4.98 Å². The summed E-state index contributed by atoms with van der Waals surface area (Å²) in [4.78, 5) is 26.9. The number of amides is 1. The highest BCUT2D eigenvalue weighted by atomic mass is 35.5. The van der Waals surface area contributed by atoms with E-state index in [9.17, 15) is 4.79 Å². The van der Waals surface area contributed by atoms with Crippen LogP contribution in [0.2, 0.25) is 5.28 Å². The van der Waals surface area contributed by atoms with Crippen molar-refractivity contribution >= 4 is 44.9 Å². The van der Waals surface area contributed by atoms with Crippen LogP contribution in [0.4, 0.5) is 5.82 Å². The van der Waals surface area contributed by atoms with Crippen LogP contribution in [-0.2, 0) is 4.79 Å². The lowest BCUT2D eigenvalue weighted by Crippen LogP contribution is -2.48. The Hall–Kier alpha value is -2.18. The SMILES string of the molecule is CC(=O)N1CCN(c2nc(Cl)nc3sc(C)c(-c4ccc(C)cc4)c23)CC1. The summed E-state index contributed by atoms with van der Waals surface area (Å²) >= 11 is 7.89. The monoisotopic (exact) mass is 400 g/mol. The standard InChI is InChI=1S/C20H21ClN4OS/c1-12-4-6-15(7-5-12)16-13(2)27-19-17(16)18(22-20(21)23-19)25-10-8-24(9-11-25)14(3)26/h4-7H,8-11H2,1-3H3. The highest BCUT2D eigenvalue weighted by molar-refractivity contribution is 7.19. The van der Waals surface area contributed by atoms with Crippen LogP contribution in [0.15, 0.2) is 24.3 Å². The van der Waals surface area contributed by atoms with E-state index in [0.29, 0.717) is 13.1 Å². The number of rotatable bonds is 2. The maximum atomic E-state index is 11.6. The van der Waals surface area contributed by atoms with Gasteiger partial charge in [0.1, 0.15) is 10.6 Å². The Kier molecular flexibility index (Phi) is 4.78. The topological polar surface area (TPSA) is 49.3 Å². The van der Waals surface area contributed by atoms with E-state index in [0.717, 1.165) is 29.1 Å². The number of hydrogen-bond donors (Lipinski definition) is 0. The Labute approximate surface area is 167 Å². The molecule has 0 bridgehead atoms. The van der Waals surface area contributed by atoms with Crippen LogP contribution in [0.25, 0.3) is 21.3 Å². The number of aromatic nitrogens is 2. The van der Waals surface area contributed by atoms with Crippen molar-refractivity contribution in [3.8, 4) is 11.1 Å². The van der Waals surface area contributed by atoms with E-state index in [4.69, 9.17) is 11.6 Å². The van der Waals surface area contributed by atoms with Crippen molar-refractivity contribution in [1.82, 2.24) is 14.9 Å². The van der Waals surface area contributed by atoms with Gasteiger partial charge in [-0.05, 0) is 31.0 Å². The smallest absolute Gasteiger partial charge is 0.225 e. The molecule has 0 unspecified atom stereocenters. The van der Waals surface area contributed by atoms with E-state index in [1.165, 1.54) is 21.6 Å². The van der Waals surface area contributed by atoms with Crippen molar-refractivity contribution in [3.05, 3.63) is 40.0 Å². The minimum Gasteiger partial charge on any atom is -0.352 e. The van der Waals surface area contributed by atoms with Crippen LogP contribution in [0, 0.1) is 13.8 Å². The molecule has 4 rings (SSSR count). The lowest BCUT2D eigenvalue weighted by atomic mass is 10.0. The first-order chi connectivity index (χ1) is 12.9. The molecular weight excluding hydrogens is 380 g/mol. The number of anilines is 1. The van der Waals surface area contributed by atoms with Crippen molar-refractivity contribution < 1.29 is 4.79 Å². The molecule has 1 saturated heterocycles. The molecule has 0 spiro atoms. The van der Waals surface area contributed by atoms with Crippen LogP contribution in [0.1, 0.15) is 17.4 Å². The Morgan fingerprint density at radius 2 is 1.74 bits per heavy atom. The number of benzene rings is 1. The van der Waals surface area contributed by atoms with Gasteiger partial charge in [0.25, 0.3) is 0 Å². The molecular formula is C20H21ClN4OS. The van der Waals surface area contributed by atoms with Crippen molar-refractivity contribution in [2.45, 2.75) is 20.8 Å². The van der Waals surface area contributed by atoms with Gasteiger partial charge >= 0.3 is 0 Å². The van der Waals surface area contributed by atoms with Gasteiger partial charge in [-0.15, -0.1) is 11.3 Å². The van der Waals surface area contributed by atoms with Crippen molar-refractivity contribution in [3.63, 3.8) is 0 Å². The average Bonchev–Trinajstić information content (AvgIpc) is 2.97. The lowest BCUT2D eigenvalue weighted by molar-refractivity contribution is -0.129. The average molecular weight is 401 g/mol. The van der Waals surface area contributed by atoms with E-state index >= 15 is 0 Å². The summed E-state index contributed by atoms with van der Waals surface area (Å²) in [6, 6.07) is 8.55. The highest BCUT2D eigenvalue weighted by Crippen LogP contribution is 2.42. The molecule has 0 aliphatic carbocycles. The number of hydrogen-bond acceptors (Lipinski definition) is 5. The van der Waals surface area contributed by atoms with Gasteiger partial charge in [0.15, 0.2) is 0 Å². The zero-order valence-corrected chi connectivity index (χ0v) is 17.2. The number of halogens is 1. The van der Waals surface area contributed by atoms with E-state index < -0.39 is 0 Å². The number of piperazine rings is 1. The molecule has 1 aliphatic heterocycles. The summed E-state index contributed by atoms with van der Waals surface area (Å²) < 4.78 is 0. The first kappa shape index (κ1) is 18.2. The molecule has 1 amide bonds. The maximum absolute atomic E-state index is 11.6. The van der Waals surface area contributed by atoms with Gasteiger partial charge in [-0.25, -0.2) is 4.98 Å². The minimum absolute atomic E-state index is 0.118. The fourth-order valence-electron chi connectivity index (χ4n) is 3.60. The van der Waals surface area contributed by atoms with E-state index in [2.05, 4.69) is 53.0 Å². The molecule has 1 fully saturated rings. The van der Waals surface area contributed by atoms with E-state index in [-0.39, 0.29) is 11.2 Å². The molecule has 140 valence electrons. The normalized spacial score (nSPS) is 14.8. The van der Waals surface area contributed by atoms with Crippen LogP contribution in [0.3, 0.4) is 0 Å². The fourth-order valence-corrected chi connectivity index (χ4v) is 4.85. The Morgan fingerprint density at radius 3 is 2.37 bits per heavy atom. The van der Waals surface area contributed by atoms with Crippen molar-refractivity contribution in [1.29, 1.82) is 0 Å². The quantitative estimate of drug-likeness (QED) is 0.602. The van der Waals surface area contributed by atoms with E-state index in [1.54, 1.807) is 18.3 Å². The molecule has 1 aliphatic rings. The Morgan fingerprint density at radius 1 is 1.07 bits per heavy atom. The van der Waals surface area contributed by atoms with Gasteiger partial charge in [0.2, 0.25) is 11.2 Å². The first-order valence-electron chi connectivity index (χ1n) is 8.98. The minimum atomic E-state index is 0.118. The molecule has 0 radical (unpaired) electrons. The zero-order chi connectivity index (χ0) is 19.1. The second kappa shape index (κ2) is 7.09. The summed E-state index contributed by atoms with van der Waals surface area (Å²) in [5.41, 5.74) is 3.57. The first-order valence-corrected chi connectivity index (χ1v) is 10.2. The van der Waals surface area contributed by atoms with Crippen LogP contribution >= 0.6 is 22.9 Å². The van der Waals surface area contributed by atoms with Crippen LogP contribution in [-0.4, -0.2) is 47.0 Å². The zero-order valence-electron chi connectivity index (χ0n) is 15.6. The van der Waals surface area contributed by atoms with Gasteiger partial charge in [-0.1, -0.05) is 29.8 Å². The third-order valence-electron chi connectivity index (χ3n) is 5.05. The summed E-state index contributed by atoms with van der Waals surface area (Å²) in [7, 11) is 0. The third kappa shape index (κ3) is 3.39. The molecule has 1 aromatic carbocycles. The molecule has 3 aromatic rings. The van der Waals surface area contributed by atoms with Gasteiger partial charge in [0.05, 0.1) is 5.39 Å². The molecule has 7 heteroatoms. The number of thiophene rings is 1. The number of aryl methyl sites for hydroxylation is 2. The van der Waals surface area contributed by atoms with Crippen LogP contribution < -0.4 is 4.90 Å². The predicted octanol–water partition coefficient (Wildman–Crippen LogP) is 4.30. The van der Waals surface area contributed by atoms with Gasteiger partial charge in [0, 0.05) is 43.5 Å². The molecule has 3 heterocycles.